The minimum atomic E-state index is -0.789. The van der Waals surface area contributed by atoms with Gasteiger partial charge >= 0.3 is 5.97 Å². The third-order valence-corrected chi connectivity index (χ3v) is 3.84. The van der Waals surface area contributed by atoms with Crippen LogP contribution < -0.4 is 5.32 Å². The van der Waals surface area contributed by atoms with Crippen LogP contribution in [-0.2, 0) is 14.3 Å². The molecule has 17 heavy (non-hydrogen) atoms. The summed E-state index contributed by atoms with van der Waals surface area (Å²) in [6, 6.07) is 0. The molecular formula is C12H19NO4. The number of hydrogen-bond acceptors (Lipinski definition) is 3. The number of nitrogens with one attached hydrogen (secondary N) is 1. The highest BCUT2D eigenvalue weighted by molar-refractivity contribution is 5.82. The van der Waals surface area contributed by atoms with Crippen LogP contribution in [-0.4, -0.2) is 36.2 Å². The number of carbonyl (C=O) groups is 2. The van der Waals surface area contributed by atoms with Gasteiger partial charge in [0.2, 0.25) is 5.91 Å². The molecule has 0 bridgehead atoms. The van der Waals surface area contributed by atoms with Crippen molar-refractivity contribution in [3.8, 4) is 0 Å². The van der Waals surface area contributed by atoms with Crippen LogP contribution in [0.3, 0.4) is 0 Å². The Morgan fingerprint density at radius 1 is 1.29 bits per heavy atom. The SMILES string of the molecule is O=C(NCC1(C(=O)O)CCCC1)[C@@H]1CCCO1. The van der Waals surface area contributed by atoms with E-state index in [0.717, 1.165) is 25.7 Å². The zero-order valence-corrected chi connectivity index (χ0v) is 9.91. The van der Waals surface area contributed by atoms with Gasteiger partial charge in [0.05, 0.1) is 5.41 Å². The molecule has 2 fully saturated rings. The fourth-order valence-corrected chi connectivity index (χ4v) is 2.67. The van der Waals surface area contributed by atoms with Gasteiger partial charge in [-0.2, -0.15) is 0 Å². The van der Waals surface area contributed by atoms with Crippen LogP contribution in [0.5, 0.6) is 0 Å². The second kappa shape index (κ2) is 5.04. The van der Waals surface area contributed by atoms with Crippen LogP contribution in [0, 0.1) is 5.41 Å². The van der Waals surface area contributed by atoms with E-state index in [2.05, 4.69) is 5.32 Å². The standard InChI is InChI=1S/C12H19NO4/c14-10(9-4-3-7-17-9)13-8-12(11(15)16)5-1-2-6-12/h9H,1-8H2,(H,13,14)(H,15,16)/t9-/m0/s1. The van der Waals surface area contributed by atoms with Crippen molar-refractivity contribution >= 4 is 11.9 Å². The van der Waals surface area contributed by atoms with Crippen LogP contribution in [0.1, 0.15) is 38.5 Å². The van der Waals surface area contributed by atoms with Gasteiger partial charge in [-0.15, -0.1) is 0 Å². The van der Waals surface area contributed by atoms with Crippen LogP contribution in [0.25, 0.3) is 0 Å². The summed E-state index contributed by atoms with van der Waals surface area (Å²) < 4.78 is 5.26. The third kappa shape index (κ3) is 2.60. The van der Waals surface area contributed by atoms with Crippen molar-refractivity contribution in [2.24, 2.45) is 5.41 Å². The molecule has 2 N–H and O–H groups in total. The Balaban J connectivity index is 1.87. The number of carboxylic acids is 1. The second-order valence-corrected chi connectivity index (χ2v) is 5.01. The first-order valence-electron chi connectivity index (χ1n) is 6.27. The first-order chi connectivity index (χ1) is 8.14. The van der Waals surface area contributed by atoms with Crippen molar-refractivity contribution in [1.29, 1.82) is 0 Å². The molecular weight excluding hydrogens is 222 g/mol. The van der Waals surface area contributed by atoms with Crippen LogP contribution >= 0.6 is 0 Å². The summed E-state index contributed by atoms with van der Waals surface area (Å²) in [6.07, 6.45) is 4.46. The lowest BCUT2D eigenvalue weighted by Gasteiger charge is -2.24. The molecule has 96 valence electrons. The Kier molecular flexibility index (Phi) is 3.66. The fraction of sp³-hybridized carbons (Fsp3) is 0.833. The van der Waals surface area contributed by atoms with Gasteiger partial charge in [0.15, 0.2) is 0 Å². The van der Waals surface area contributed by atoms with Crippen LogP contribution in [0.2, 0.25) is 0 Å². The number of carboxylic acid groups (broad SMARTS) is 1. The maximum absolute atomic E-state index is 11.7. The molecule has 0 aromatic rings. The van der Waals surface area contributed by atoms with Gasteiger partial charge in [-0.25, -0.2) is 0 Å². The summed E-state index contributed by atoms with van der Waals surface area (Å²) in [5, 5.41) is 12.0. The normalized spacial score (nSPS) is 26.9. The van der Waals surface area contributed by atoms with Gasteiger partial charge in [-0.1, -0.05) is 12.8 Å². The summed E-state index contributed by atoms with van der Waals surface area (Å²) in [4.78, 5) is 23.0. The van der Waals surface area contributed by atoms with E-state index < -0.39 is 11.4 Å². The first kappa shape index (κ1) is 12.4. The summed E-state index contributed by atoms with van der Waals surface area (Å²) in [5.41, 5.74) is -0.742. The van der Waals surface area contributed by atoms with Crippen molar-refractivity contribution < 1.29 is 19.4 Å². The largest absolute Gasteiger partial charge is 0.481 e. The minimum Gasteiger partial charge on any atom is -0.481 e. The molecule has 5 nitrogen and oxygen atoms in total. The molecule has 0 aromatic heterocycles. The van der Waals surface area contributed by atoms with Crippen molar-refractivity contribution in [3.63, 3.8) is 0 Å². The molecule has 0 unspecified atom stereocenters. The van der Waals surface area contributed by atoms with Crippen molar-refractivity contribution in [1.82, 2.24) is 5.32 Å². The van der Waals surface area contributed by atoms with E-state index in [1.54, 1.807) is 0 Å². The predicted molar refractivity (Wildman–Crippen MR) is 60.5 cm³/mol. The molecule has 0 spiro atoms. The van der Waals surface area contributed by atoms with Gasteiger partial charge in [-0.3, -0.25) is 9.59 Å². The highest BCUT2D eigenvalue weighted by Crippen LogP contribution is 2.37. The Bertz CT molecular complexity index is 304. The lowest BCUT2D eigenvalue weighted by atomic mass is 9.86. The first-order valence-corrected chi connectivity index (χ1v) is 6.27. The average molecular weight is 241 g/mol. The number of amides is 1. The molecule has 1 amide bonds. The second-order valence-electron chi connectivity index (χ2n) is 5.01. The molecule has 0 radical (unpaired) electrons. The molecule has 5 heteroatoms. The Labute approximate surface area is 101 Å². The molecule has 1 saturated heterocycles. The molecule has 1 atom stereocenters. The fourth-order valence-electron chi connectivity index (χ4n) is 2.67. The van der Waals surface area contributed by atoms with Gasteiger partial charge in [-0.05, 0) is 25.7 Å². The molecule has 1 aliphatic carbocycles. The lowest BCUT2D eigenvalue weighted by molar-refractivity contribution is -0.148. The Morgan fingerprint density at radius 3 is 2.53 bits per heavy atom. The van der Waals surface area contributed by atoms with Crippen molar-refractivity contribution in [2.45, 2.75) is 44.6 Å². The van der Waals surface area contributed by atoms with Crippen molar-refractivity contribution in [3.05, 3.63) is 0 Å². The summed E-state index contributed by atoms with van der Waals surface area (Å²) in [5.74, 6) is -0.947. The van der Waals surface area contributed by atoms with Crippen LogP contribution in [0.4, 0.5) is 0 Å². The van der Waals surface area contributed by atoms with Crippen LogP contribution in [0.15, 0.2) is 0 Å². The highest BCUT2D eigenvalue weighted by Gasteiger charge is 2.41. The maximum atomic E-state index is 11.7. The smallest absolute Gasteiger partial charge is 0.311 e. The number of ether oxygens (including phenoxy) is 1. The van der Waals surface area contributed by atoms with Gasteiger partial charge in [0.1, 0.15) is 6.10 Å². The van der Waals surface area contributed by atoms with E-state index in [0.29, 0.717) is 19.4 Å². The van der Waals surface area contributed by atoms with Gasteiger partial charge in [0.25, 0.3) is 0 Å². The van der Waals surface area contributed by atoms with E-state index in [4.69, 9.17) is 4.74 Å². The summed E-state index contributed by atoms with van der Waals surface area (Å²) in [6.45, 7) is 0.864. The molecule has 2 aliphatic rings. The number of aliphatic carboxylic acids is 1. The topological polar surface area (TPSA) is 75.6 Å². The molecule has 2 rings (SSSR count). The lowest BCUT2D eigenvalue weighted by Crippen LogP contribution is -2.44. The number of rotatable bonds is 4. The van der Waals surface area contributed by atoms with Gasteiger partial charge in [0, 0.05) is 13.2 Å². The zero-order valence-electron chi connectivity index (χ0n) is 9.91. The monoisotopic (exact) mass is 241 g/mol. The number of carbonyl (C=O) groups excluding carboxylic acids is 1. The van der Waals surface area contributed by atoms with Crippen molar-refractivity contribution in [2.75, 3.05) is 13.2 Å². The van der Waals surface area contributed by atoms with E-state index in [-0.39, 0.29) is 18.6 Å². The average Bonchev–Trinajstić information content (AvgIpc) is 2.97. The quantitative estimate of drug-likeness (QED) is 0.767. The van der Waals surface area contributed by atoms with E-state index >= 15 is 0 Å². The van der Waals surface area contributed by atoms with E-state index in [9.17, 15) is 14.7 Å². The molecule has 1 aliphatic heterocycles. The maximum Gasteiger partial charge on any atom is 0.311 e. The van der Waals surface area contributed by atoms with Gasteiger partial charge < -0.3 is 15.2 Å². The predicted octanol–water partition coefficient (Wildman–Crippen LogP) is 0.927. The Hall–Kier alpha value is -1.10. The molecule has 1 saturated carbocycles. The highest BCUT2D eigenvalue weighted by atomic mass is 16.5. The number of hydrogen-bond donors (Lipinski definition) is 2. The molecule has 0 aromatic carbocycles. The Morgan fingerprint density at radius 2 is 2.00 bits per heavy atom. The van der Waals surface area contributed by atoms with E-state index in [1.165, 1.54) is 0 Å². The third-order valence-electron chi connectivity index (χ3n) is 3.84. The zero-order chi connectivity index (χ0) is 12.3. The molecule has 1 heterocycles. The summed E-state index contributed by atoms with van der Waals surface area (Å²) in [7, 11) is 0. The summed E-state index contributed by atoms with van der Waals surface area (Å²) >= 11 is 0. The minimum absolute atomic E-state index is 0.157. The van der Waals surface area contributed by atoms with E-state index in [1.807, 2.05) is 0 Å².